The normalized spacial score (nSPS) is 10.2. The lowest BCUT2D eigenvalue weighted by Crippen LogP contribution is -1.79. The lowest BCUT2D eigenvalue weighted by molar-refractivity contribution is 1.41. The van der Waals surface area contributed by atoms with E-state index in [0.717, 1.165) is 19.7 Å². The maximum Gasteiger partial charge on any atom is 0.160 e. The molecular weight excluding hydrogens is 248 g/mol. The second-order valence-electron chi connectivity index (χ2n) is 2.69. The molecule has 0 aliphatic heterocycles. The van der Waals surface area contributed by atoms with Gasteiger partial charge in [0.2, 0.25) is 0 Å². The van der Waals surface area contributed by atoms with Gasteiger partial charge in [0.05, 0.1) is 10.3 Å². The fraction of sp³-hybridized carbons (Fsp3) is 0.111. The Morgan fingerprint density at radius 1 is 1.54 bits per heavy atom. The molecule has 0 unspecified atom stereocenters. The summed E-state index contributed by atoms with van der Waals surface area (Å²) in [5, 5.41) is 8.84. The summed E-state index contributed by atoms with van der Waals surface area (Å²) in [6.45, 7) is 2.02. The third kappa shape index (κ3) is 1.34. The smallest absolute Gasteiger partial charge is 0.160 e. The molecule has 0 N–H and O–H groups in total. The molecule has 2 rings (SSSR count). The third-order valence-corrected chi connectivity index (χ3v) is 3.48. The van der Waals surface area contributed by atoms with Gasteiger partial charge >= 0.3 is 0 Å². The molecule has 0 aliphatic carbocycles. The van der Waals surface area contributed by atoms with Crippen LogP contribution in [0.1, 0.15) is 11.1 Å². The molecule has 0 fully saturated rings. The summed E-state index contributed by atoms with van der Waals surface area (Å²) in [7, 11) is 0. The van der Waals surface area contributed by atoms with Gasteiger partial charge in [-0.2, -0.15) is 5.26 Å². The lowest BCUT2D eigenvalue weighted by Gasteiger charge is -1.94. The monoisotopic (exact) mass is 252 g/mol. The van der Waals surface area contributed by atoms with Gasteiger partial charge in [-0.1, -0.05) is 6.07 Å². The van der Waals surface area contributed by atoms with E-state index in [1.807, 2.05) is 19.1 Å². The molecule has 13 heavy (non-hydrogen) atoms. The Bertz CT molecular complexity index is 510. The average molecular weight is 253 g/mol. The highest BCUT2D eigenvalue weighted by Crippen LogP contribution is 2.30. The number of rotatable bonds is 0. The van der Waals surface area contributed by atoms with Crippen LogP contribution in [0.3, 0.4) is 0 Å². The van der Waals surface area contributed by atoms with Crippen LogP contribution in [-0.4, -0.2) is 4.98 Å². The average Bonchev–Trinajstić information content (AvgIpc) is 2.48. The van der Waals surface area contributed by atoms with E-state index in [1.165, 1.54) is 0 Å². The predicted octanol–water partition coefficient (Wildman–Crippen LogP) is 3.24. The van der Waals surface area contributed by atoms with Crippen molar-refractivity contribution in [3.05, 3.63) is 27.2 Å². The van der Waals surface area contributed by atoms with Gasteiger partial charge in [-0.3, -0.25) is 0 Å². The highest BCUT2D eigenvalue weighted by atomic mass is 79.9. The van der Waals surface area contributed by atoms with Crippen molar-refractivity contribution in [2.24, 2.45) is 0 Å². The van der Waals surface area contributed by atoms with Crippen LogP contribution in [0, 0.1) is 18.3 Å². The van der Waals surface area contributed by atoms with E-state index >= 15 is 0 Å². The minimum atomic E-state index is 0.641. The molecule has 2 aromatic rings. The Hall–Kier alpha value is -0.920. The molecule has 0 aliphatic rings. The molecule has 1 aromatic carbocycles. The van der Waals surface area contributed by atoms with Gasteiger partial charge < -0.3 is 0 Å². The van der Waals surface area contributed by atoms with Crippen LogP contribution in [0.4, 0.5) is 0 Å². The number of aromatic nitrogens is 1. The molecule has 64 valence electrons. The van der Waals surface area contributed by atoms with E-state index in [-0.39, 0.29) is 0 Å². The molecule has 0 saturated heterocycles. The summed E-state index contributed by atoms with van der Waals surface area (Å²) in [5.74, 6) is 0. The molecule has 0 atom stereocenters. The Morgan fingerprint density at radius 3 is 3.00 bits per heavy atom. The molecule has 0 spiro atoms. The molecule has 0 saturated carbocycles. The first kappa shape index (κ1) is 8.67. The van der Waals surface area contributed by atoms with Crippen LogP contribution < -0.4 is 0 Å². The fourth-order valence-corrected chi connectivity index (χ4v) is 2.65. The van der Waals surface area contributed by atoms with E-state index in [1.54, 1.807) is 11.3 Å². The fourth-order valence-electron chi connectivity index (χ4n) is 1.20. The molecule has 4 heteroatoms. The number of halogens is 1. The van der Waals surface area contributed by atoms with Gasteiger partial charge in [0.15, 0.2) is 3.92 Å². The maximum absolute atomic E-state index is 8.84. The first-order valence-electron chi connectivity index (χ1n) is 3.68. The molecular formula is C9H5BrN2S. The Balaban J connectivity index is 2.94. The summed E-state index contributed by atoms with van der Waals surface area (Å²) < 4.78 is 1.92. The molecule has 2 nitrogen and oxygen atoms in total. The minimum absolute atomic E-state index is 0.641. The van der Waals surface area contributed by atoms with Gasteiger partial charge in [-0.25, -0.2) is 4.98 Å². The summed E-state index contributed by atoms with van der Waals surface area (Å²) in [4.78, 5) is 4.26. The van der Waals surface area contributed by atoms with E-state index < -0.39 is 0 Å². The third-order valence-electron chi connectivity index (χ3n) is 1.83. The zero-order valence-electron chi connectivity index (χ0n) is 6.84. The highest BCUT2D eigenvalue weighted by molar-refractivity contribution is 9.11. The van der Waals surface area contributed by atoms with E-state index in [0.29, 0.717) is 5.56 Å². The number of hydrogen-bond acceptors (Lipinski definition) is 3. The van der Waals surface area contributed by atoms with Crippen molar-refractivity contribution in [3.8, 4) is 6.07 Å². The van der Waals surface area contributed by atoms with Crippen LogP contribution >= 0.6 is 27.3 Å². The van der Waals surface area contributed by atoms with Crippen molar-refractivity contribution in [2.45, 2.75) is 6.92 Å². The van der Waals surface area contributed by atoms with Gasteiger partial charge in [0.1, 0.15) is 11.6 Å². The Labute approximate surface area is 88.0 Å². The lowest BCUT2D eigenvalue weighted by atomic mass is 10.1. The highest BCUT2D eigenvalue weighted by Gasteiger charge is 2.08. The summed E-state index contributed by atoms with van der Waals surface area (Å²) in [5.41, 5.74) is 2.61. The second-order valence-corrected chi connectivity index (χ2v) is 4.96. The van der Waals surface area contributed by atoms with Crippen molar-refractivity contribution in [2.75, 3.05) is 0 Å². The van der Waals surface area contributed by atoms with Crippen LogP contribution in [-0.2, 0) is 0 Å². The van der Waals surface area contributed by atoms with Crippen molar-refractivity contribution < 1.29 is 0 Å². The van der Waals surface area contributed by atoms with Crippen LogP contribution in [0.2, 0.25) is 0 Å². The topological polar surface area (TPSA) is 36.7 Å². The number of aryl methyl sites for hydroxylation is 1. The first-order valence-corrected chi connectivity index (χ1v) is 5.29. The largest absolute Gasteiger partial charge is 0.228 e. The summed E-state index contributed by atoms with van der Waals surface area (Å²) in [6, 6.07) is 5.89. The van der Waals surface area contributed by atoms with Crippen molar-refractivity contribution in [3.63, 3.8) is 0 Å². The number of benzene rings is 1. The van der Waals surface area contributed by atoms with E-state index in [4.69, 9.17) is 5.26 Å². The van der Waals surface area contributed by atoms with Gasteiger partial charge in [0, 0.05) is 0 Å². The number of hydrogen-bond donors (Lipinski definition) is 0. The van der Waals surface area contributed by atoms with Crippen molar-refractivity contribution in [1.29, 1.82) is 5.26 Å². The molecule has 1 heterocycles. The zero-order valence-corrected chi connectivity index (χ0v) is 9.24. The number of nitrogens with zero attached hydrogens (tertiary/aromatic N) is 2. The van der Waals surface area contributed by atoms with E-state index in [9.17, 15) is 0 Å². The first-order chi connectivity index (χ1) is 6.22. The zero-order chi connectivity index (χ0) is 9.42. The Morgan fingerprint density at radius 2 is 2.31 bits per heavy atom. The predicted molar refractivity (Wildman–Crippen MR) is 56.8 cm³/mol. The van der Waals surface area contributed by atoms with Crippen molar-refractivity contribution in [1.82, 2.24) is 4.98 Å². The van der Waals surface area contributed by atoms with Crippen LogP contribution in [0.15, 0.2) is 16.0 Å². The standard InChI is InChI=1S/C9H5BrN2S/c1-5-2-3-6(4-11)7-8(5)13-9(10)12-7/h2-3H,1H3. The van der Waals surface area contributed by atoms with Gasteiger partial charge in [-0.05, 0) is 34.5 Å². The molecule has 0 amide bonds. The molecule has 0 bridgehead atoms. The van der Waals surface area contributed by atoms with E-state index in [2.05, 4.69) is 27.0 Å². The SMILES string of the molecule is Cc1ccc(C#N)c2nc(Br)sc12. The maximum atomic E-state index is 8.84. The van der Waals surface area contributed by atoms with Gasteiger partial charge in [0.25, 0.3) is 0 Å². The summed E-state index contributed by atoms with van der Waals surface area (Å²) >= 11 is 4.88. The minimum Gasteiger partial charge on any atom is -0.228 e. The number of nitriles is 1. The molecule has 0 radical (unpaired) electrons. The summed E-state index contributed by atoms with van der Waals surface area (Å²) in [6.07, 6.45) is 0. The van der Waals surface area contributed by atoms with Gasteiger partial charge in [-0.15, -0.1) is 11.3 Å². The second kappa shape index (κ2) is 3.09. The van der Waals surface area contributed by atoms with Crippen molar-refractivity contribution >= 4 is 37.5 Å². The molecule has 1 aromatic heterocycles. The number of fused-ring (bicyclic) bond motifs is 1. The van der Waals surface area contributed by atoms with Crippen LogP contribution in [0.5, 0.6) is 0 Å². The van der Waals surface area contributed by atoms with Crippen LogP contribution in [0.25, 0.3) is 10.2 Å². The number of thiazole rings is 1. The quantitative estimate of drug-likeness (QED) is 0.722. The Kier molecular flexibility index (Phi) is 2.06.